The van der Waals surface area contributed by atoms with Crippen LogP contribution in [0.4, 0.5) is 0 Å². The van der Waals surface area contributed by atoms with Crippen molar-refractivity contribution in [2.24, 2.45) is 5.92 Å². The monoisotopic (exact) mass is 463 g/mol. The van der Waals surface area contributed by atoms with Gasteiger partial charge >= 0.3 is 5.97 Å². The number of sulfonamides is 1. The summed E-state index contributed by atoms with van der Waals surface area (Å²) in [6.07, 6.45) is -0.161. The number of carbonyl (C=O) groups excluding carboxylic acids is 1. The molecule has 0 aliphatic carbocycles. The molecular weight excluding hydrogens is 448 g/mol. The van der Waals surface area contributed by atoms with Gasteiger partial charge in [-0.25, -0.2) is 13.1 Å². The first-order chi connectivity index (χ1) is 13.3. The van der Waals surface area contributed by atoms with Crippen LogP contribution >= 0.6 is 11.6 Å². The fourth-order valence-corrected chi connectivity index (χ4v) is 3.93. The fraction of sp³-hybridized carbons (Fsp3) is 0.100. The van der Waals surface area contributed by atoms with Crippen molar-refractivity contribution in [3.63, 3.8) is 0 Å². The average molecular weight is 464 g/mol. The molecule has 1 atom stereocenters. The summed E-state index contributed by atoms with van der Waals surface area (Å²) in [6.45, 7) is 0. The number of amides is 1. The number of halogens is 1. The molecule has 0 aliphatic heterocycles. The molecule has 0 saturated carbocycles. The van der Waals surface area contributed by atoms with E-state index in [0.29, 0.717) is 16.0 Å². The van der Waals surface area contributed by atoms with Gasteiger partial charge in [0.25, 0.3) is 10.0 Å². The molecule has 3 aromatic carbocycles. The third kappa shape index (κ3) is 6.80. The first kappa shape index (κ1) is 27.1. The number of carboxylic acid groups (broad SMARTS) is 1. The molecule has 0 saturated heterocycles. The minimum atomic E-state index is -4.21. The Morgan fingerprint density at radius 1 is 0.933 bits per heavy atom. The molecule has 3 rings (SSSR count). The molecule has 6 nitrogen and oxygen atoms in total. The Balaban J connectivity index is 0.00000225. The SMILES string of the molecule is O=C(O)C(Cc1ccc(Cl)cc1)C(=O)NS(=O)(=O)c1ccc2ccccc2c1.[Na].[Na]. The molecule has 1 amide bonds. The van der Waals surface area contributed by atoms with Crippen LogP contribution in [0.5, 0.6) is 0 Å². The summed E-state index contributed by atoms with van der Waals surface area (Å²) < 4.78 is 27.0. The summed E-state index contributed by atoms with van der Waals surface area (Å²) in [5.74, 6) is -4.08. The van der Waals surface area contributed by atoms with Crippen LogP contribution in [0, 0.1) is 5.92 Å². The third-order valence-corrected chi connectivity index (χ3v) is 5.83. The van der Waals surface area contributed by atoms with Crippen LogP contribution in [0.25, 0.3) is 10.8 Å². The van der Waals surface area contributed by atoms with Crippen molar-refractivity contribution in [1.82, 2.24) is 4.72 Å². The van der Waals surface area contributed by atoms with Gasteiger partial charge in [-0.1, -0.05) is 54.1 Å². The summed E-state index contributed by atoms with van der Waals surface area (Å²) in [7, 11) is -4.21. The maximum Gasteiger partial charge on any atom is 0.316 e. The van der Waals surface area contributed by atoms with Crippen molar-refractivity contribution in [3.05, 3.63) is 77.3 Å². The van der Waals surface area contributed by atoms with Crippen molar-refractivity contribution in [2.75, 3.05) is 0 Å². The molecule has 0 heterocycles. The zero-order valence-corrected chi connectivity index (χ0v) is 22.1. The second-order valence-corrected chi connectivity index (χ2v) is 8.32. The molecule has 2 radical (unpaired) electrons. The maximum absolute atomic E-state index is 12.6. The molecule has 30 heavy (non-hydrogen) atoms. The van der Waals surface area contributed by atoms with Gasteiger partial charge < -0.3 is 5.11 Å². The summed E-state index contributed by atoms with van der Waals surface area (Å²) in [4.78, 5) is 23.8. The maximum atomic E-state index is 12.6. The van der Waals surface area contributed by atoms with Crippen LogP contribution in [0.3, 0.4) is 0 Å². The Labute approximate surface area is 223 Å². The molecule has 2 N–H and O–H groups in total. The number of hydrogen-bond donors (Lipinski definition) is 2. The Hall–Kier alpha value is -0.900. The first-order valence-electron chi connectivity index (χ1n) is 8.29. The van der Waals surface area contributed by atoms with Gasteiger partial charge in [0.05, 0.1) is 4.90 Å². The van der Waals surface area contributed by atoms with Gasteiger partial charge in [-0.05, 0) is 47.0 Å². The van der Waals surface area contributed by atoms with Crippen LogP contribution in [0.15, 0.2) is 71.6 Å². The Bertz CT molecular complexity index is 1150. The molecule has 3 aromatic rings. The zero-order chi connectivity index (χ0) is 20.3. The van der Waals surface area contributed by atoms with E-state index < -0.39 is 27.8 Å². The molecule has 0 bridgehead atoms. The van der Waals surface area contributed by atoms with E-state index in [9.17, 15) is 23.1 Å². The summed E-state index contributed by atoms with van der Waals surface area (Å²) in [5.41, 5.74) is 0.551. The Morgan fingerprint density at radius 2 is 1.53 bits per heavy atom. The predicted octanol–water partition coefficient (Wildman–Crippen LogP) is 2.48. The molecule has 0 aliphatic rings. The number of nitrogens with one attached hydrogen (secondary N) is 1. The second-order valence-electron chi connectivity index (χ2n) is 6.20. The molecular formula is C20H16ClNNa2O5S. The van der Waals surface area contributed by atoms with Gasteiger partial charge in [0.2, 0.25) is 5.91 Å². The van der Waals surface area contributed by atoms with E-state index >= 15 is 0 Å². The van der Waals surface area contributed by atoms with Crippen molar-refractivity contribution in [3.8, 4) is 0 Å². The van der Waals surface area contributed by atoms with Crippen LogP contribution < -0.4 is 4.72 Å². The number of benzene rings is 3. The van der Waals surface area contributed by atoms with Crippen LogP contribution in [0.2, 0.25) is 5.02 Å². The van der Waals surface area contributed by atoms with Gasteiger partial charge in [-0.2, -0.15) is 0 Å². The fourth-order valence-electron chi connectivity index (χ4n) is 2.75. The van der Waals surface area contributed by atoms with Crippen LogP contribution in [0.1, 0.15) is 5.56 Å². The smallest absolute Gasteiger partial charge is 0.316 e. The van der Waals surface area contributed by atoms with Gasteiger partial charge in [0.15, 0.2) is 0 Å². The normalized spacial score (nSPS) is 11.6. The average Bonchev–Trinajstić information content (AvgIpc) is 2.66. The molecule has 0 fully saturated rings. The zero-order valence-electron chi connectivity index (χ0n) is 16.5. The van der Waals surface area contributed by atoms with E-state index in [1.807, 2.05) is 16.9 Å². The molecule has 0 spiro atoms. The first-order valence-corrected chi connectivity index (χ1v) is 10.1. The van der Waals surface area contributed by atoms with E-state index in [4.69, 9.17) is 11.6 Å². The standard InChI is InChI=1S/C20H16ClNO5S.2Na/c21-16-8-5-13(6-9-16)11-18(20(24)25)19(23)22-28(26,27)17-10-7-14-3-1-2-4-15(14)12-17;;/h1-10,12,18H,11H2,(H,22,23)(H,24,25);;. The largest absolute Gasteiger partial charge is 0.481 e. The van der Waals surface area contributed by atoms with Gasteiger partial charge in [0.1, 0.15) is 5.92 Å². The van der Waals surface area contributed by atoms with Gasteiger partial charge in [0, 0.05) is 64.1 Å². The quantitative estimate of drug-likeness (QED) is 0.432. The van der Waals surface area contributed by atoms with Crippen LogP contribution in [-0.4, -0.2) is 84.5 Å². The third-order valence-electron chi connectivity index (χ3n) is 4.23. The van der Waals surface area contributed by atoms with Crippen molar-refractivity contribution in [2.45, 2.75) is 11.3 Å². The van der Waals surface area contributed by atoms with E-state index in [2.05, 4.69) is 0 Å². The minimum Gasteiger partial charge on any atom is -0.481 e. The Morgan fingerprint density at radius 3 is 2.13 bits per heavy atom. The van der Waals surface area contributed by atoms with E-state index in [-0.39, 0.29) is 70.4 Å². The molecule has 1 unspecified atom stereocenters. The summed E-state index contributed by atoms with van der Waals surface area (Å²) in [6, 6.07) is 17.9. The van der Waals surface area contributed by atoms with Crippen LogP contribution in [-0.2, 0) is 26.0 Å². The summed E-state index contributed by atoms with van der Waals surface area (Å²) in [5, 5.41) is 11.4. The molecule has 10 heteroatoms. The number of carboxylic acids is 1. The number of hydrogen-bond acceptors (Lipinski definition) is 4. The molecule has 0 aromatic heterocycles. The molecule has 146 valence electrons. The van der Waals surface area contributed by atoms with E-state index in [0.717, 1.165) is 5.39 Å². The Kier molecular flexibility index (Phi) is 10.5. The number of carbonyl (C=O) groups is 2. The predicted molar refractivity (Wildman–Crippen MR) is 117 cm³/mol. The minimum absolute atomic E-state index is 0. The van der Waals surface area contributed by atoms with Crippen molar-refractivity contribution >= 4 is 103 Å². The van der Waals surface area contributed by atoms with Gasteiger partial charge in [-0.3, -0.25) is 9.59 Å². The number of fused-ring (bicyclic) bond motifs is 1. The summed E-state index contributed by atoms with van der Waals surface area (Å²) >= 11 is 5.79. The number of rotatable bonds is 6. The second kappa shape index (κ2) is 11.6. The van der Waals surface area contributed by atoms with Crippen molar-refractivity contribution in [1.29, 1.82) is 0 Å². The number of aliphatic carboxylic acids is 1. The van der Waals surface area contributed by atoms with Crippen molar-refractivity contribution < 1.29 is 23.1 Å². The van der Waals surface area contributed by atoms with E-state index in [1.165, 1.54) is 12.1 Å². The van der Waals surface area contributed by atoms with Gasteiger partial charge in [-0.15, -0.1) is 0 Å². The van der Waals surface area contributed by atoms with E-state index in [1.54, 1.807) is 42.5 Å². The topological polar surface area (TPSA) is 101 Å².